The van der Waals surface area contributed by atoms with Gasteiger partial charge in [-0.15, -0.1) is 0 Å². The molecule has 2 N–H and O–H groups in total. The van der Waals surface area contributed by atoms with Crippen LogP contribution in [0, 0.1) is 17.0 Å². The number of benzene rings is 2. The molecule has 1 atom stereocenters. The van der Waals surface area contributed by atoms with Gasteiger partial charge in [-0.2, -0.15) is 0 Å². The summed E-state index contributed by atoms with van der Waals surface area (Å²) in [7, 11) is 0. The van der Waals surface area contributed by atoms with Crippen molar-refractivity contribution in [1.29, 1.82) is 5.41 Å². The average molecular weight is 569 g/mol. The minimum atomic E-state index is -1.03. The van der Waals surface area contributed by atoms with Crippen molar-refractivity contribution in [2.45, 2.75) is 78.0 Å². The molecule has 4 rings (SSSR count). The highest BCUT2D eigenvalue weighted by Gasteiger charge is 2.31. The van der Waals surface area contributed by atoms with Crippen molar-refractivity contribution in [2.75, 3.05) is 18.0 Å². The second-order valence-electron chi connectivity index (χ2n) is 11.5. The third kappa shape index (κ3) is 7.04. The van der Waals surface area contributed by atoms with Gasteiger partial charge in [0, 0.05) is 67.3 Å². The van der Waals surface area contributed by atoms with Crippen LogP contribution < -0.4 is 15.0 Å². The molecule has 10 heteroatoms. The molecule has 0 saturated carbocycles. The highest BCUT2D eigenvalue weighted by molar-refractivity contribution is 6.10. The normalized spacial score (nSPS) is 18.0. The largest absolute Gasteiger partial charge is 0.456 e. The Morgan fingerprint density at radius 1 is 1.07 bits per heavy atom. The molecule has 0 aromatic heterocycles. The number of hydrogen-bond donors (Lipinski definition) is 2. The van der Waals surface area contributed by atoms with Crippen LogP contribution in [0.3, 0.4) is 0 Å². The Bertz CT molecular complexity index is 1350. The summed E-state index contributed by atoms with van der Waals surface area (Å²) in [6.45, 7) is 10.1. The Morgan fingerprint density at radius 2 is 1.78 bits per heavy atom. The molecule has 2 heterocycles. The lowest BCUT2D eigenvalue weighted by atomic mass is 9.91. The van der Waals surface area contributed by atoms with Gasteiger partial charge in [-0.3, -0.25) is 4.79 Å². The molecule has 41 heavy (non-hydrogen) atoms. The van der Waals surface area contributed by atoms with Gasteiger partial charge >= 0.3 is 6.09 Å². The van der Waals surface area contributed by atoms with Crippen molar-refractivity contribution < 1.29 is 27.8 Å². The Morgan fingerprint density at radius 3 is 2.39 bits per heavy atom. The number of piperidine rings is 1. The first-order valence-electron chi connectivity index (χ1n) is 13.9. The number of amides is 2. The molecule has 220 valence electrons. The fourth-order valence-electron chi connectivity index (χ4n) is 5.25. The van der Waals surface area contributed by atoms with Crippen LogP contribution in [0.2, 0.25) is 0 Å². The summed E-state index contributed by atoms with van der Waals surface area (Å²) in [5.41, 5.74) is 2.01. The van der Waals surface area contributed by atoms with E-state index in [2.05, 4.69) is 5.32 Å². The topological polar surface area (TPSA) is 95.0 Å². The first-order chi connectivity index (χ1) is 19.4. The first-order valence-corrected chi connectivity index (χ1v) is 13.9. The monoisotopic (exact) mass is 568 g/mol. The standard InChI is InChI=1S/C31H38F2N4O4/c1-19-6-8-25-28(37(19)20(2)38)11-9-24(29(25)40-23-7-10-26(32)27(33)16-23)21(17-34)18-35-22-12-14-36(15-13-22)30(39)41-31(3,4)5/h7,9-11,16-19,22,34-35H,6,8,12-15H2,1-5H3/b21-18+,34-17?/t19-/m0/s1. The lowest BCUT2D eigenvalue weighted by molar-refractivity contribution is -0.117. The molecule has 2 aliphatic rings. The maximum atomic E-state index is 14.1. The Kier molecular flexibility index (Phi) is 8.99. The Labute approximate surface area is 239 Å². The minimum absolute atomic E-state index is 0.00655. The minimum Gasteiger partial charge on any atom is -0.456 e. The van der Waals surface area contributed by atoms with Crippen molar-refractivity contribution in [2.24, 2.45) is 0 Å². The third-order valence-corrected chi connectivity index (χ3v) is 7.29. The van der Waals surface area contributed by atoms with Crippen molar-refractivity contribution in [3.8, 4) is 11.5 Å². The SMILES string of the molecule is CC(=O)N1c2ccc(/C(C=N)=C/NC3CCN(C(=O)OC(C)(C)C)CC3)c(Oc3ccc(F)c(F)c3)c2CC[C@@H]1C. The summed E-state index contributed by atoms with van der Waals surface area (Å²) in [5, 5.41) is 11.6. The number of nitrogens with one attached hydrogen (secondary N) is 2. The summed E-state index contributed by atoms with van der Waals surface area (Å²) >= 11 is 0. The van der Waals surface area contributed by atoms with Gasteiger partial charge in [0.15, 0.2) is 11.6 Å². The molecule has 1 fully saturated rings. The van der Waals surface area contributed by atoms with E-state index in [1.54, 1.807) is 22.1 Å². The zero-order valence-electron chi connectivity index (χ0n) is 24.2. The number of halogens is 2. The number of hydrogen-bond acceptors (Lipinski definition) is 6. The number of nitrogens with zero attached hydrogens (tertiary/aromatic N) is 2. The van der Waals surface area contributed by atoms with Gasteiger partial charge in [-0.05, 0) is 77.6 Å². The van der Waals surface area contributed by atoms with Gasteiger partial charge in [0.25, 0.3) is 0 Å². The molecular formula is C31H38F2N4O4. The van der Waals surface area contributed by atoms with E-state index in [0.29, 0.717) is 61.3 Å². The summed E-state index contributed by atoms with van der Waals surface area (Å²) in [5.74, 6) is -1.62. The van der Waals surface area contributed by atoms with Crippen LogP contribution in [0.5, 0.6) is 11.5 Å². The molecule has 0 spiro atoms. The van der Waals surface area contributed by atoms with Gasteiger partial charge in [0.05, 0.1) is 5.69 Å². The van der Waals surface area contributed by atoms with E-state index in [4.69, 9.17) is 14.9 Å². The van der Waals surface area contributed by atoms with Crippen LogP contribution >= 0.6 is 0 Å². The molecular weight excluding hydrogens is 530 g/mol. The molecule has 2 amide bonds. The highest BCUT2D eigenvalue weighted by Crippen LogP contribution is 2.43. The number of rotatable bonds is 6. The summed E-state index contributed by atoms with van der Waals surface area (Å²) in [6.07, 6.45) is 5.33. The van der Waals surface area contributed by atoms with Crippen molar-refractivity contribution >= 4 is 29.5 Å². The van der Waals surface area contributed by atoms with Crippen molar-refractivity contribution in [3.05, 3.63) is 59.3 Å². The third-order valence-electron chi connectivity index (χ3n) is 7.29. The van der Waals surface area contributed by atoms with E-state index < -0.39 is 17.2 Å². The predicted octanol–water partition coefficient (Wildman–Crippen LogP) is 6.42. The number of allylic oxidation sites excluding steroid dienone is 1. The molecule has 0 bridgehead atoms. The second kappa shape index (κ2) is 12.3. The first kappa shape index (κ1) is 30.0. The maximum absolute atomic E-state index is 14.1. The number of likely N-dealkylation sites (tertiary alicyclic amines) is 1. The van der Waals surface area contributed by atoms with Crippen LogP contribution in [0.25, 0.3) is 5.57 Å². The van der Waals surface area contributed by atoms with Gasteiger partial charge in [-0.25, -0.2) is 13.6 Å². The summed E-state index contributed by atoms with van der Waals surface area (Å²) in [4.78, 5) is 28.3. The van der Waals surface area contributed by atoms with E-state index in [9.17, 15) is 18.4 Å². The maximum Gasteiger partial charge on any atom is 0.410 e. The number of fused-ring (bicyclic) bond motifs is 1. The lowest BCUT2D eigenvalue weighted by Crippen LogP contribution is -2.45. The predicted molar refractivity (Wildman–Crippen MR) is 155 cm³/mol. The van der Waals surface area contributed by atoms with Crippen molar-refractivity contribution in [1.82, 2.24) is 10.2 Å². The lowest BCUT2D eigenvalue weighted by Gasteiger charge is -2.36. The van der Waals surface area contributed by atoms with E-state index in [-0.39, 0.29) is 29.8 Å². The van der Waals surface area contributed by atoms with Crippen LogP contribution in [0.4, 0.5) is 19.3 Å². The molecule has 2 aromatic rings. The van der Waals surface area contributed by atoms with Crippen LogP contribution in [0.15, 0.2) is 36.5 Å². The quantitative estimate of drug-likeness (QED) is 0.392. The summed E-state index contributed by atoms with van der Waals surface area (Å²) in [6, 6.07) is 7.03. The van der Waals surface area contributed by atoms with E-state index in [1.807, 2.05) is 33.8 Å². The molecule has 0 aliphatic carbocycles. The fraction of sp³-hybridized carbons (Fsp3) is 0.452. The Balaban J connectivity index is 1.62. The van der Waals surface area contributed by atoms with Crippen LogP contribution in [-0.4, -0.2) is 53.9 Å². The molecule has 0 radical (unpaired) electrons. The van der Waals surface area contributed by atoms with E-state index >= 15 is 0 Å². The molecule has 8 nitrogen and oxygen atoms in total. The molecule has 0 unspecified atom stereocenters. The highest BCUT2D eigenvalue weighted by atomic mass is 19.2. The number of carbonyl (C=O) groups is 2. The Hall–Kier alpha value is -3.95. The van der Waals surface area contributed by atoms with Crippen LogP contribution in [0.1, 0.15) is 65.0 Å². The van der Waals surface area contributed by atoms with Crippen LogP contribution in [-0.2, 0) is 16.0 Å². The zero-order valence-corrected chi connectivity index (χ0v) is 24.2. The second-order valence-corrected chi connectivity index (χ2v) is 11.5. The van der Waals surface area contributed by atoms with E-state index in [0.717, 1.165) is 17.7 Å². The average Bonchev–Trinajstić information content (AvgIpc) is 2.90. The van der Waals surface area contributed by atoms with Gasteiger partial charge in [-0.1, -0.05) is 0 Å². The fourth-order valence-corrected chi connectivity index (χ4v) is 5.25. The molecule has 1 saturated heterocycles. The van der Waals surface area contributed by atoms with E-state index in [1.165, 1.54) is 19.2 Å². The summed E-state index contributed by atoms with van der Waals surface area (Å²) < 4.78 is 39.3. The zero-order chi connectivity index (χ0) is 29.9. The smallest absolute Gasteiger partial charge is 0.410 e. The van der Waals surface area contributed by atoms with Crippen molar-refractivity contribution in [3.63, 3.8) is 0 Å². The van der Waals surface area contributed by atoms with Gasteiger partial charge in [0.2, 0.25) is 5.91 Å². The number of ether oxygens (including phenoxy) is 2. The number of anilines is 1. The molecule has 2 aromatic carbocycles. The van der Waals surface area contributed by atoms with Gasteiger partial charge in [0.1, 0.15) is 17.1 Å². The molecule has 2 aliphatic heterocycles. The van der Waals surface area contributed by atoms with Gasteiger partial charge < -0.3 is 30.0 Å². The number of carbonyl (C=O) groups excluding carboxylic acids is 2.